The fraction of sp³-hybridized carbons (Fsp3) is 0.444. The van der Waals surface area contributed by atoms with Crippen LogP contribution in [0.3, 0.4) is 0 Å². The zero-order valence-corrected chi connectivity index (χ0v) is 13.3. The van der Waals surface area contributed by atoms with Gasteiger partial charge in [-0.1, -0.05) is 44.2 Å². The van der Waals surface area contributed by atoms with Gasteiger partial charge in [0, 0.05) is 6.92 Å². The van der Waals surface area contributed by atoms with Gasteiger partial charge in [0.25, 0.3) is 0 Å². The molecule has 0 bridgehead atoms. The number of rotatable bonds is 7. The van der Waals surface area contributed by atoms with Crippen LogP contribution in [0.2, 0.25) is 0 Å². The normalized spacial score (nSPS) is 11.7. The summed E-state index contributed by atoms with van der Waals surface area (Å²) in [5.74, 6) is 0.372. The summed E-state index contributed by atoms with van der Waals surface area (Å²) in [6, 6.07) is 9.86. The smallest absolute Gasteiger partial charge is 0.217 e. The third-order valence-electron chi connectivity index (χ3n) is 2.94. The molecular weight excluding hydrogens is 262 g/mol. The minimum atomic E-state index is -0.138. The summed E-state index contributed by atoms with van der Waals surface area (Å²) in [6.45, 7) is 8.66. The van der Waals surface area contributed by atoms with Crippen LogP contribution in [0.4, 0.5) is 0 Å². The molecule has 3 heteroatoms. The first-order chi connectivity index (χ1) is 9.99. The van der Waals surface area contributed by atoms with Crippen LogP contribution < -0.4 is 5.32 Å². The van der Waals surface area contributed by atoms with Gasteiger partial charge in [0.1, 0.15) is 0 Å². The second-order valence-corrected chi connectivity index (χ2v) is 5.49. The SMILES string of the molecule is CC(=O)N[C@@H](COCc1ccccc1)C(C)=C=CC(C)C. The molecule has 0 spiro atoms. The molecule has 21 heavy (non-hydrogen) atoms. The predicted octanol–water partition coefficient (Wildman–Crippen LogP) is 3.47. The lowest BCUT2D eigenvalue weighted by molar-refractivity contribution is -0.119. The van der Waals surface area contributed by atoms with Crippen molar-refractivity contribution in [2.24, 2.45) is 5.92 Å². The number of benzene rings is 1. The highest BCUT2D eigenvalue weighted by Gasteiger charge is 2.12. The molecule has 0 aliphatic rings. The molecule has 1 N–H and O–H groups in total. The first-order valence-corrected chi connectivity index (χ1v) is 7.31. The monoisotopic (exact) mass is 287 g/mol. The van der Waals surface area contributed by atoms with Gasteiger partial charge in [-0.25, -0.2) is 0 Å². The van der Waals surface area contributed by atoms with Crippen LogP contribution in [0.25, 0.3) is 0 Å². The van der Waals surface area contributed by atoms with Gasteiger partial charge >= 0.3 is 0 Å². The Balaban J connectivity index is 2.62. The average molecular weight is 287 g/mol. The lowest BCUT2D eigenvalue weighted by Crippen LogP contribution is -2.37. The molecule has 1 atom stereocenters. The summed E-state index contributed by atoms with van der Waals surface area (Å²) in [7, 11) is 0. The Labute approximate surface area is 127 Å². The molecule has 0 fully saturated rings. The number of carbonyl (C=O) groups is 1. The molecule has 0 saturated carbocycles. The highest BCUT2D eigenvalue weighted by atomic mass is 16.5. The largest absolute Gasteiger partial charge is 0.374 e. The third kappa shape index (κ3) is 7.50. The van der Waals surface area contributed by atoms with Gasteiger partial charge in [-0.2, -0.15) is 0 Å². The van der Waals surface area contributed by atoms with Gasteiger partial charge < -0.3 is 10.1 Å². The molecule has 3 nitrogen and oxygen atoms in total. The average Bonchev–Trinajstić information content (AvgIpc) is 2.44. The first-order valence-electron chi connectivity index (χ1n) is 7.31. The first kappa shape index (κ1) is 17.2. The summed E-state index contributed by atoms with van der Waals surface area (Å²) in [5, 5.41) is 2.91. The van der Waals surface area contributed by atoms with E-state index in [1.165, 1.54) is 6.92 Å². The van der Waals surface area contributed by atoms with Crippen molar-refractivity contribution >= 4 is 5.91 Å². The van der Waals surface area contributed by atoms with Crippen LogP contribution in [0.5, 0.6) is 0 Å². The van der Waals surface area contributed by atoms with E-state index in [1.54, 1.807) is 0 Å². The van der Waals surface area contributed by atoms with E-state index in [4.69, 9.17) is 4.74 Å². The predicted molar refractivity (Wildman–Crippen MR) is 85.8 cm³/mol. The molecule has 0 radical (unpaired) electrons. The van der Waals surface area contributed by atoms with E-state index in [0.717, 1.165) is 11.1 Å². The Morgan fingerprint density at radius 3 is 2.52 bits per heavy atom. The van der Waals surface area contributed by atoms with Gasteiger partial charge in [0.15, 0.2) is 0 Å². The molecule has 114 valence electrons. The maximum absolute atomic E-state index is 11.3. The molecular formula is C18H25NO2. The van der Waals surface area contributed by atoms with Crippen LogP contribution in [0.15, 0.2) is 47.7 Å². The Kier molecular flexibility index (Phi) is 7.52. The Bertz CT molecular complexity index is 499. The summed E-state index contributed by atoms with van der Waals surface area (Å²) in [4.78, 5) is 11.3. The number of ether oxygens (including phenoxy) is 1. The maximum atomic E-state index is 11.3. The molecule has 1 aromatic carbocycles. The standard InChI is InChI=1S/C18H25NO2/c1-14(2)10-11-15(3)18(19-16(4)20)13-21-12-17-8-6-5-7-9-17/h5-10,14,18H,12-13H2,1-4H3,(H,19,20)/t11?,18-/m0/s1. The van der Waals surface area contributed by atoms with E-state index in [2.05, 4.69) is 24.9 Å². The van der Waals surface area contributed by atoms with E-state index in [9.17, 15) is 4.79 Å². The number of nitrogens with one attached hydrogen (secondary N) is 1. The fourth-order valence-corrected chi connectivity index (χ4v) is 1.79. The minimum Gasteiger partial charge on any atom is -0.374 e. The summed E-state index contributed by atoms with van der Waals surface area (Å²) in [5.41, 5.74) is 5.34. The van der Waals surface area contributed by atoms with Crippen LogP contribution >= 0.6 is 0 Å². The second kappa shape index (κ2) is 9.17. The van der Waals surface area contributed by atoms with E-state index in [1.807, 2.05) is 43.3 Å². The Morgan fingerprint density at radius 1 is 1.29 bits per heavy atom. The molecule has 0 aliphatic carbocycles. The molecule has 0 unspecified atom stereocenters. The molecule has 0 heterocycles. The minimum absolute atomic E-state index is 0.0611. The molecule has 1 rings (SSSR count). The third-order valence-corrected chi connectivity index (χ3v) is 2.94. The Morgan fingerprint density at radius 2 is 1.95 bits per heavy atom. The van der Waals surface area contributed by atoms with Crippen molar-refractivity contribution in [2.45, 2.75) is 40.3 Å². The topological polar surface area (TPSA) is 38.3 Å². The quantitative estimate of drug-likeness (QED) is 0.780. The van der Waals surface area contributed by atoms with E-state index >= 15 is 0 Å². The van der Waals surface area contributed by atoms with Crippen molar-refractivity contribution in [3.63, 3.8) is 0 Å². The van der Waals surface area contributed by atoms with Gasteiger partial charge in [-0.3, -0.25) is 4.79 Å². The van der Waals surface area contributed by atoms with Crippen molar-refractivity contribution < 1.29 is 9.53 Å². The zero-order chi connectivity index (χ0) is 15.7. The van der Waals surface area contributed by atoms with Crippen LogP contribution in [-0.4, -0.2) is 18.6 Å². The number of carbonyl (C=O) groups excluding carboxylic acids is 1. The van der Waals surface area contributed by atoms with E-state index in [-0.39, 0.29) is 11.9 Å². The van der Waals surface area contributed by atoms with Crippen molar-refractivity contribution in [3.05, 3.63) is 53.3 Å². The molecule has 1 aromatic rings. The van der Waals surface area contributed by atoms with Gasteiger partial charge in [0.05, 0.1) is 19.3 Å². The van der Waals surface area contributed by atoms with Gasteiger partial charge in [-0.05, 0) is 30.1 Å². The van der Waals surface area contributed by atoms with Gasteiger partial charge in [-0.15, -0.1) is 5.73 Å². The highest BCUT2D eigenvalue weighted by Crippen LogP contribution is 2.06. The van der Waals surface area contributed by atoms with Crippen molar-refractivity contribution in [1.82, 2.24) is 5.32 Å². The van der Waals surface area contributed by atoms with E-state index < -0.39 is 0 Å². The lowest BCUT2D eigenvalue weighted by atomic mass is 10.1. The fourth-order valence-electron chi connectivity index (χ4n) is 1.79. The molecule has 1 amide bonds. The van der Waals surface area contributed by atoms with Crippen LogP contribution in [0.1, 0.15) is 33.3 Å². The van der Waals surface area contributed by atoms with Crippen molar-refractivity contribution in [1.29, 1.82) is 0 Å². The van der Waals surface area contributed by atoms with Crippen molar-refractivity contribution in [3.8, 4) is 0 Å². The van der Waals surface area contributed by atoms with Crippen molar-refractivity contribution in [2.75, 3.05) is 6.61 Å². The highest BCUT2D eigenvalue weighted by molar-refractivity contribution is 5.73. The summed E-state index contributed by atoms with van der Waals surface area (Å²) in [6.07, 6.45) is 2.00. The van der Waals surface area contributed by atoms with Crippen LogP contribution in [0, 0.1) is 5.92 Å². The molecule has 0 aliphatic heterocycles. The van der Waals surface area contributed by atoms with Crippen LogP contribution in [-0.2, 0) is 16.1 Å². The zero-order valence-electron chi connectivity index (χ0n) is 13.3. The Hall–Kier alpha value is -1.83. The summed E-state index contributed by atoms with van der Waals surface area (Å²) < 4.78 is 5.72. The number of hydrogen-bond donors (Lipinski definition) is 1. The second-order valence-electron chi connectivity index (χ2n) is 5.49. The lowest BCUT2D eigenvalue weighted by Gasteiger charge is -2.17. The van der Waals surface area contributed by atoms with Gasteiger partial charge in [0.2, 0.25) is 5.91 Å². The number of hydrogen-bond acceptors (Lipinski definition) is 2. The molecule has 0 aromatic heterocycles. The number of amides is 1. The van der Waals surface area contributed by atoms with E-state index in [0.29, 0.717) is 19.1 Å². The molecule has 0 saturated heterocycles. The summed E-state index contributed by atoms with van der Waals surface area (Å²) >= 11 is 0. The maximum Gasteiger partial charge on any atom is 0.217 e.